The fourth-order valence-corrected chi connectivity index (χ4v) is 3.22. The maximum Gasteiger partial charge on any atom is 0.340 e. The average Bonchev–Trinajstić information content (AvgIpc) is 2.71. The number of esters is 1. The van der Waals surface area contributed by atoms with Gasteiger partial charge in [-0.05, 0) is 30.7 Å². The van der Waals surface area contributed by atoms with Crippen LogP contribution in [0.2, 0.25) is 5.02 Å². The molecular weight excluding hydrogens is 398 g/mol. The number of phenolic OH excluding ortho intramolecular Hbond substituents is 1. The molecule has 0 bridgehead atoms. The Bertz CT molecular complexity index is 1180. The standard InChI is InChI=1S/C21H18ClNO6/c1-11-13-8-15(22)17(24)10-18(13)29-21(27)14(11)9-19(25)23(2)16-7-5-4-6-12(16)20(26)28-3/h4-8,10,24H,9H2,1-3H3. The van der Waals surface area contributed by atoms with Crippen LogP contribution in [0.4, 0.5) is 5.69 Å². The summed E-state index contributed by atoms with van der Waals surface area (Å²) in [6.07, 6.45) is -0.241. The zero-order valence-corrected chi connectivity index (χ0v) is 16.7. The number of phenols is 1. The lowest BCUT2D eigenvalue weighted by atomic mass is 10.0. The zero-order chi connectivity index (χ0) is 21.3. The molecule has 2 aromatic carbocycles. The van der Waals surface area contributed by atoms with Gasteiger partial charge in [-0.3, -0.25) is 4.79 Å². The molecule has 0 unspecified atom stereocenters. The number of rotatable bonds is 4. The molecule has 8 heteroatoms. The summed E-state index contributed by atoms with van der Waals surface area (Å²) >= 11 is 5.96. The van der Waals surface area contributed by atoms with Crippen molar-refractivity contribution in [1.29, 1.82) is 0 Å². The summed E-state index contributed by atoms with van der Waals surface area (Å²) in [5.74, 6) is -1.19. The van der Waals surface area contributed by atoms with Gasteiger partial charge >= 0.3 is 11.6 Å². The van der Waals surface area contributed by atoms with Gasteiger partial charge in [-0.15, -0.1) is 0 Å². The summed E-state index contributed by atoms with van der Waals surface area (Å²) < 4.78 is 10.0. The highest BCUT2D eigenvalue weighted by molar-refractivity contribution is 6.32. The Hall–Kier alpha value is -3.32. The number of nitrogens with zero attached hydrogens (tertiary/aromatic N) is 1. The van der Waals surface area contributed by atoms with Crippen molar-refractivity contribution in [3.05, 3.63) is 68.5 Å². The quantitative estimate of drug-likeness (QED) is 0.517. The second kappa shape index (κ2) is 7.97. The third-order valence-corrected chi connectivity index (χ3v) is 5.03. The number of aromatic hydroxyl groups is 1. The minimum absolute atomic E-state index is 0.107. The van der Waals surface area contributed by atoms with Gasteiger partial charge < -0.3 is 19.2 Å². The molecule has 1 aromatic heterocycles. The summed E-state index contributed by atoms with van der Waals surface area (Å²) in [6.45, 7) is 1.68. The van der Waals surface area contributed by atoms with Gasteiger partial charge in [0.1, 0.15) is 11.3 Å². The number of likely N-dealkylation sites (N-methyl/N-ethyl adjacent to an activating group) is 1. The van der Waals surface area contributed by atoms with E-state index in [1.54, 1.807) is 31.2 Å². The van der Waals surface area contributed by atoms with Gasteiger partial charge in [0.2, 0.25) is 5.91 Å². The van der Waals surface area contributed by atoms with Gasteiger partial charge in [0.15, 0.2) is 0 Å². The molecule has 0 aliphatic carbocycles. The molecule has 29 heavy (non-hydrogen) atoms. The van der Waals surface area contributed by atoms with Crippen LogP contribution >= 0.6 is 11.6 Å². The molecule has 0 spiro atoms. The Morgan fingerprint density at radius 2 is 1.93 bits per heavy atom. The van der Waals surface area contributed by atoms with E-state index < -0.39 is 17.5 Å². The van der Waals surface area contributed by atoms with Crippen molar-refractivity contribution in [3.63, 3.8) is 0 Å². The summed E-state index contributed by atoms with van der Waals surface area (Å²) in [6, 6.07) is 9.26. The molecule has 0 fully saturated rings. The first-order valence-electron chi connectivity index (χ1n) is 8.63. The van der Waals surface area contributed by atoms with E-state index >= 15 is 0 Å². The third kappa shape index (κ3) is 3.82. The molecule has 1 N–H and O–H groups in total. The zero-order valence-electron chi connectivity index (χ0n) is 16.0. The van der Waals surface area contributed by atoms with Crippen LogP contribution in [0, 0.1) is 6.92 Å². The van der Waals surface area contributed by atoms with Crippen molar-refractivity contribution < 1.29 is 23.8 Å². The molecule has 0 aliphatic heterocycles. The average molecular weight is 416 g/mol. The Kier molecular flexibility index (Phi) is 5.61. The number of carbonyl (C=O) groups excluding carboxylic acids is 2. The molecule has 150 valence electrons. The van der Waals surface area contributed by atoms with E-state index in [1.165, 1.54) is 31.2 Å². The highest BCUT2D eigenvalue weighted by Crippen LogP contribution is 2.31. The second-order valence-corrected chi connectivity index (χ2v) is 6.84. The fraction of sp³-hybridized carbons (Fsp3) is 0.190. The van der Waals surface area contributed by atoms with Crippen LogP contribution < -0.4 is 10.5 Å². The second-order valence-electron chi connectivity index (χ2n) is 6.43. The molecule has 0 saturated heterocycles. The highest BCUT2D eigenvalue weighted by atomic mass is 35.5. The van der Waals surface area contributed by atoms with E-state index in [0.29, 0.717) is 16.6 Å². The number of methoxy groups -OCH3 is 1. The largest absolute Gasteiger partial charge is 0.506 e. The minimum atomic E-state index is -0.681. The number of benzene rings is 2. The predicted octanol–water partition coefficient (Wildman–Crippen LogP) is 3.45. The number of fused-ring (bicyclic) bond motifs is 1. The maximum absolute atomic E-state index is 12.9. The van der Waals surface area contributed by atoms with Gasteiger partial charge in [-0.1, -0.05) is 23.7 Å². The van der Waals surface area contributed by atoms with Crippen molar-refractivity contribution in [1.82, 2.24) is 0 Å². The maximum atomic E-state index is 12.9. The van der Waals surface area contributed by atoms with Gasteiger partial charge in [0, 0.05) is 18.5 Å². The smallest absolute Gasteiger partial charge is 0.340 e. The van der Waals surface area contributed by atoms with Crippen molar-refractivity contribution in [3.8, 4) is 5.75 Å². The van der Waals surface area contributed by atoms with Crippen LogP contribution in [0.15, 0.2) is 45.6 Å². The van der Waals surface area contributed by atoms with Crippen molar-refractivity contribution >= 4 is 40.1 Å². The van der Waals surface area contributed by atoms with Crippen LogP contribution in [0.3, 0.4) is 0 Å². The molecule has 0 radical (unpaired) electrons. The number of ether oxygens (including phenoxy) is 1. The van der Waals surface area contributed by atoms with E-state index in [4.69, 9.17) is 20.8 Å². The lowest BCUT2D eigenvalue weighted by molar-refractivity contribution is -0.117. The number of hydrogen-bond donors (Lipinski definition) is 1. The Balaban J connectivity index is 1.99. The molecule has 0 aliphatic rings. The van der Waals surface area contributed by atoms with E-state index in [-0.39, 0.29) is 33.9 Å². The van der Waals surface area contributed by atoms with E-state index in [9.17, 15) is 19.5 Å². The number of aryl methyl sites for hydroxylation is 1. The van der Waals surface area contributed by atoms with E-state index in [0.717, 1.165) is 0 Å². The fourth-order valence-electron chi connectivity index (χ4n) is 3.05. The van der Waals surface area contributed by atoms with Gasteiger partial charge in [0.25, 0.3) is 0 Å². The SMILES string of the molecule is COC(=O)c1ccccc1N(C)C(=O)Cc1c(C)c2cc(Cl)c(O)cc2oc1=O. The highest BCUT2D eigenvalue weighted by Gasteiger charge is 2.22. The molecule has 1 heterocycles. The summed E-state index contributed by atoms with van der Waals surface area (Å²) in [4.78, 5) is 38.6. The molecule has 0 saturated carbocycles. The van der Waals surface area contributed by atoms with E-state index in [1.807, 2.05) is 0 Å². The minimum Gasteiger partial charge on any atom is -0.506 e. The summed E-state index contributed by atoms with van der Waals surface area (Å²) in [5.41, 5.74) is 0.790. The van der Waals surface area contributed by atoms with Gasteiger partial charge in [0.05, 0.1) is 35.4 Å². The molecule has 0 atom stereocenters. The molecule has 3 aromatic rings. The molecular formula is C21H18ClNO6. The van der Waals surface area contributed by atoms with Crippen molar-refractivity contribution in [2.75, 3.05) is 19.1 Å². The Labute approximate surface area is 171 Å². The number of halogens is 1. The number of amides is 1. The topological polar surface area (TPSA) is 97.1 Å². The first kappa shape index (κ1) is 20.4. The summed E-state index contributed by atoms with van der Waals surface area (Å²) in [5, 5.41) is 10.3. The third-order valence-electron chi connectivity index (χ3n) is 4.73. The van der Waals surface area contributed by atoms with E-state index in [2.05, 4.69) is 0 Å². The first-order valence-corrected chi connectivity index (χ1v) is 9.01. The van der Waals surface area contributed by atoms with Crippen LogP contribution in [0.25, 0.3) is 11.0 Å². The summed E-state index contributed by atoms with van der Waals surface area (Å²) in [7, 11) is 2.77. The molecule has 3 rings (SSSR count). The van der Waals surface area contributed by atoms with Crippen LogP contribution in [0.5, 0.6) is 5.75 Å². The van der Waals surface area contributed by atoms with Crippen molar-refractivity contribution in [2.24, 2.45) is 0 Å². The lowest BCUT2D eigenvalue weighted by Crippen LogP contribution is -2.31. The number of para-hydroxylation sites is 1. The number of carbonyl (C=O) groups is 2. The van der Waals surface area contributed by atoms with Crippen LogP contribution in [-0.4, -0.2) is 31.1 Å². The molecule has 1 amide bonds. The lowest BCUT2D eigenvalue weighted by Gasteiger charge is -2.20. The Morgan fingerprint density at radius 1 is 1.24 bits per heavy atom. The predicted molar refractivity (Wildman–Crippen MR) is 109 cm³/mol. The Morgan fingerprint density at radius 3 is 2.62 bits per heavy atom. The number of hydrogen-bond acceptors (Lipinski definition) is 6. The van der Waals surface area contributed by atoms with Gasteiger partial charge in [-0.25, -0.2) is 9.59 Å². The number of anilines is 1. The van der Waals surface area contributed by atoms with Gasteiger partial charge in [-0.2, -0.15) is 0 Å². The molecule has 7 nitrogen and oxygen atoms in total. The monoisotopic (exact) mass is 415 g/mol. The van der Waals surface area contributed by atoms with Crippen molar-refractivity contribution in [2.45, 2.75) is 13.3 Å². The normalized spacial score (nSPS) is 10.8. The van der Waals surface area contributed by atoms with Crippen LogP contribution in [-0.2, 0) is 16.0 Å². The van der Waals surface area contributed by atoms with Crippen LogP contribution in [0.1, 0.15) is 21.5 Å². The first-order chi connectivity index (χ1) is 13.7.